The smallest absolute Gasteiger partial charge is 0.0992 e. The minimum Gasteiger partial charge on any atom is -0.387 e. The summed E-state index contributed by atoms with van der Waals surface area (Å²) in [5.74, 6) is 0.783. The third-order valence-electron chi connectivity index (χ3n) is 3.15. The first-order chi connectivity index (χ1) is 6.95. The van der Waals surface area contributed by atoms with Crippen molar-refractivity contribution in [1.82, 2.24) is 4.90 Å². The zero-order valence-corrected chi connectivity index (χ0v) is 10.6. The van der Waals surface area contributed by atoms with E-state index in [1.54, 1.807) is 0 Å². The van der Waals surface area contributed by atoms with E-state index >= 15 is 0 Å². The highest BCUT2D eigenvalue weighted by atomic mass is 15.2. The summed E-state index contributed by atoms with van der Waals surface area (Å²) in [7, 11) is 0. The van der Waals surface area contributed by atoms with E-state index in [1.165, 1.54) is 19.4 Å². The van der Waals surface area contributed by atoms with Gasteiger partial charge in [0.2, 0.25) is 0 Å². The Balaban J connectivity index is 2.49. The largest absolute Gasteiger partial charge is 0.387 e. The number of nitrogens with zero attached hydrogens (tertiary/aromatic N) is 2. The third kappa shape index (κ3) is 3.49. The first-order valence-electron chi connectivity index (χ1n) is 5.99. The molecule has 0 bridgehead atoms. The number of likely N-dealkylation sites (tertiary alicyclic amines) is 1. The highest BCUT2D eigenvalue weighted by Gasteiger charge is 2.23. The molecule has 3 heteroatoms. The van der Waals surface area contributed by atoms with E-state index in [4.69, 9.17) is 5.73 Å². The van der Waals surface area contributed by atoms with E-state index in [-0.39, 0.29) is 5.41 Å². The van der Waals surface area contributed by atoms with Crippen LogP contribution in [0.3, 0.4) is 0 Å². The van der Waals surface area contributed by atoms with E-state index in [0.29, 0.717) is 6.04 Å². The monoisotopic (exact) mass is 211 g/mol. The molecule has 1 rings (SSSR count). The molecule has 0 aromatic rings. The van der Waals surface area contributed by atoms with Crippen LogP contribution in [0.2, 0.25) is 0 Å². The first-order valence-corrected chi connectivity index (χ1v) is 5.99. The average Bonchev–Trinajstić information content (AvgIpc) is 2.59. The lowest BCUT2D eigenvalue weighted by atomic mass is 9.95. The van der Waals surface area contributed by atoms with Crippen LogP contribution in [0, 0.1) is 5.41 Å². The summed E-state index contributed by atoms with van der Waals surface area (Å²) in [5, 5.41) is 0. The maximum absolute atomic E-state index is 5.95. The molecule has 0 spiro atoms. The molecule has 2 N–H and O–H groups in total. The molecule has 0 aliphatic carbocycles. The van der Waals surface area contributed by atoms with Crippen molar-refractivity contribution in [3.8, 4) is 0 Å². The van der Waals surface area contributed by atoms with E-state index in [2.05, 4.69) is 37.6 Å². The lowest BCUT2D eigenvalue weighted by Crippen LogP contribution is -2.34. The van der Waals surface area contributed by atoms with Gasteiger partial charge < -0.3 is 5.73 Å². The van der Waals surface area contributed by atoms with E-state index in [9.17, 15) is 0 Å². The first kappa shape index (κ1) is 12.5. The molecule has 0 aromatic heterocycles. The Labute approximate surface area is 93.7 Å². The molecule has 1 heterocycles. The van der Waals surface area contributed by atoms with Crippen LogP contribution < -0.4 is 5.73 Å². The Morgan fingerprint density at radius 3 is 2.67 bits per heavy atom. The molecule has 0 saturated carbocycles. The van der Waals surface area contributed by atoms with Crippen molar-refractivity contribution in [2.24, 2.45) is 16.1 Å². The van der Waals surface area contributed by atoms with Crippen molar-refractivity contribution >= 4 is 5.84 Å². The van der Waals surface area contributed by atoms with Gasteiger partial charge in [0.05, 0.1) is 12.4 Å². The molecule has 0 amide bonds. The number of amidine groups is 1. The fourth-order valence-corrected chi connectivity index (χ4v) is 1.96. The van der Waals surface area contributed by atoms with Crippen molar-refractivity contribution in [3.05, 3.63) is 0 Å². The number of nitrogens with two attached hydrogens (primary N) is 1. The van der Waals surface area contributed by atoms with Gasteiger partial charge in [-0.2, -0.15) is 0 Å². The van der Waals surface area contributed by atoms with Gasteiger partial charge >= 0.3 is 0 Å². The van der Waals surface area contributed by atoms with Crippen LogP contribution >= 0.6 is 0 Å². The minimum atomic E-state index is 0.00957. The molecular formula is C12H25N3. The molecule has 1 atom stereocenters. The Kier molecular flexibility index (Phi) is 4.14. The van der Waals surface area contributed by atoms with Crippen LogP contribution in [0.15, 0.2) is 4.99 Å². The molecule has 0 radical (unpaired) electrons. The SMILES string of the molecule is CCN1CCCC1CN=C(N)C(C)(C)C. The second-order valence-corrected chi connectivity index (χ2v) is 5.40. The molecule has 15 heavy (non-hydrogen) atoms. The van der Waals surface area contributed by atoms with Crippen LogP contribution in [-0.4, -0.2) is 36.4 Å². The van der Waals surface area contributed by atoms with Crippen LogP contribution in [0.5, 0.6) is 0 Å². The lowest BCUT2D eigenvalue weighted by molar-refractivity contribution is 0.272. The van der Waals surface area contributed by atoms with Gasteiger partial charge in [-0.05, 0) is 25.9 Å². The molecule has 3 nitrogen and oxygen atoms in total. The highest BCUT2D eigenvalue weighted by Crippen LogP contribution is 2.18. The van der Waals surface area contributed by atoms with Crippen molar-refractivity contribution in [2.45, 2.75) is 46.6 Å². The predicted octanol–water partition coefficient (Wildman–Crippen LogP) is 1.87. The van der Waals surface area contributed by atoms with Crippen LogP contribution in [0.4, 0.5) is 0 Å². The molecule has 1 aliphatic rings. The summed E-state index contributed by atoms with van der Waals surface area (Å²) >= 11 is 0. The van der Waals surface area contributed by atoms with Crippen molar-refractivity contribution in [3.63, 3.8) is 0 Å². The van der Waals surface area contributed by atoms with Crippen molar-refractivity contribution < 1.29 is 0 Å². The predicted molar refractivity (Wildman–Crippen MR) is 66.2 cm³/mol. The maximum Gasteiger partial charge on any atom is 0.0992 e. The van der Waals surface area contributed by atoms with Gasteiger partial charge in [-0.15, -0.1) is 0 Å². The average molecular weight is 211 g/mol. The quantitative estimate of drug-likeness (QED) is 0.572. The summed E-state index contributed by atoms with van der Waals surface area (Å²) < 4.78 is 0. The number of aliphatic imine (C=N–C) groups is 1. The fraction of sp³-hybridized carbons (Fsp3) is 0.917. The lowest BCUT2D eigenvalue weighted by Gasteiger charge is -2.23. The normalized spacial score (nSPS) is 24.8. The summed E-state index contributed by atoms with van der Waals surface area (Å²) in [6.45, 7) is 11.8. The highest BCUT2D eigenvalue weighted by molar-refractivity contribution is 5.85. The number of hydrogen-bond acceptors (Lipinski definition) is 2. The van der Waals surface area contributed by atoms with E-state index < -0.39 is 0 Å². The number of rotatable bonds is 3. The second kappa shape index (κ2) is 4.97. The molecule has 1 aliphatic heterocycles. The van der Waals surface area contributed by atoms with E-state index in [0.717, 1.165) is 18.9 Å². The number of likely N-dealkylation sites (N-methyl/N-ethyl adjacent to an activating group) is 1. The Bertz CT molecular complexity index is 228. The summed E-state index contributed by atoms with van der Waals surface area (Å²) in [5.41, 5.74) is 5.96. The van der Waals surface area contributed by atoms with Gasteiger partial charge in [-0.1, -0.05) is 27.7 Å². The fourth-order valence-electron chi connectivity index (χ4n) is 1.96. The zero-order chi connectivity index (χ0) is 11.5. The summed E-state index contributed by atoms with van der Waals surface area (Å²) in [6.07, 6.45) is 2.58. The van der Waals surface area contributed by atoms with Crippen LogP contribution in [0.25, 0.3) is 0 Å². The molecular weight excluding hydrogens is 186 g/mol. The molecule has 88 valence electrons. The summed E-state index contributed by atoms with van der Waals surface area (Å²) in [4.78, 5) is 7.03. The molecule has 1 unspecified atom stereocenters. The van der Waals surface area contributed by atoms with Gasteiger partial charge in [-0.3, -0.25) is 9.89 Å². The number of hydrogen-bond donors (Lipinski definition) is 1. The van der Waals surface area contributed by atoms with Gasteiger partial charge in [0.15, 0.2) is 0 Å². The van der Waals surface area contributed by atoms with Crippen LogP contribution in [-0.2, 0) is 0 Å². The molecule has 1 fully saturated rings. The van der Waals surface area contributed by atoms with Crippen molar-refractivity contribution in [2.75, 3.05) is 19.6 Å². The van der Waals surface area contributed by atoms with Gasteiger partial charge in [0, 0.05) is 11.5 Å². The zero-order valence-electron chi connectivity index (χ0n) is 10.6. The van der Waals surface area contributed by atoms with E-state index in [1.807, 2.05) is 0 Å². The topological polar surface area (TPSA) is 41.6 Å². The van der Waals surface area contributed by atoms with Gasteiger partial charge in [-0.25, -0.2) is 0 Å². The van der Waals surface area contributed by atoms with Crippen LogP contribution in [0.1, 0.15) is 40.5 Å². The minimum absolute atomic E-state index is 0.00957. The Hall–Kier alpha value is -0.570. The van der Waals surface area contributed by atoms with Gasteiger partial charge in [0.1, 0.15) is 0 Å². The third-order valence-corrected chi connectivity index (χ3v) is 3.15. The molecule has 1 saturated heterocycles. The molecule has 0 aromatic carbocycles. The standard InChI is InChI=1S/C12H25N3/c1-5-15-8-6-7-10(15)9-14-11(13)12(2,3)4/h10H,5-9H2,1-4H3,(H2,13,14). The second-order valence-electron chi connectivity index (χ2n) is 5.40. The van der Waals surface area contributed by atoms with Crippen molar-refractivity contribution in [1.29, 1.82) is 0 Å². The van der Waals surface area contributed by atoms with Gasteiger partial charge in [0.25, 0.3) is 0 Å². The maximum atomic E-state index is 5.95. The Morgan fingerprint density at radius 1 is 1.47 bits per heavy atom. The Morgan fingerprint density at radius 2 is 2.13 bits per heavy atom. The summed E-state index contributed by atoms with van der Waals surface area (Å²) in [6, 6.07) is 0.621.